The maximum Gasteiger partial charge on any atom is 0.219 e. The highest BCUT2D eigenvalue weighted by Crippen LogP contribution is 2.11. The number of aliphatic carboxylic acids is 1. The summed E-state index contributed by atoms with van der Waals surface area (Å²) in [5, 5.41) is 13.7. The first-order valence-corrected chi connectivity index (χ1v) is 15.2. The number of likely N-dealkylation sites (N-methyl/N-ethyl adjacent to an activating group) is 1. The van der Waals surface area contributed by atoms with E-state index in [4.69, 9.17) is 0 Å². The van der Waals surface area contributed by atoms with Crippen LogP contribution in [0.2, 0.25) is 0 Å². The molecular formula is C31H59N3O4. The summed E-state index contributed by atoms with van der Waals surface area (Å²) >= 11 is 0. The number of carboxylic acids is 1. The van der Waals surface area contributed by atoms with Crippen LogP contribution in [0, 0.1) is 0 Å². The van der Waals surface area contributed by atoms with Gasteiger partial charge in [0.05, 0.1) is 26.6 Å². The van der Waals surface area contributed by atoms with Crippen molar-refractivity contribution in [2.24, 2.45) is 0 Å². The predicted octanol–water partition coefficient (Wildman–Crippen LogP) is 4.64. The zero-order valence-electron chi connectivity index (χ0n) is 25.2. The van der Waals surface area contributed by atoms with E-state index in [0.29, 0.717) is 29.8 Å². The minimum Gasteiger partial charge on any atom is -0.544 e. The van der Waals surface area contributed by atoms with E-state index in [1.54, 1.807) is 0 Å². The molecular weight excluding hydrogens is 478 g/mol. The first kappa shape index (κ1) is 36.3. The van der Waals surface area contributed by atoms with Gasteiger partial charge in [-0.15, -0.1) is 0 Å². The summed E-state index contributed by atoms with van der Waals surface area (Å²) in [4.78, 5) is 36.7. The zero-order valence-corrected chi connectivity index (χ0v) is 25.2. The van der Waals surface area contributed by atoms with E-state index in [9.17, 15) is 19.5 Å². The topological polar surface area (TPSA) is 89.5 Å². The van der Waals surface area contributed by atoms with Gasteiger partial charge in [0.2, 0.25) is 5.91 Å². The van der Waals surface area contributed by atoms with Crippen molar-refractivity contribution >= 4 is 17.7 Å². The maximum atomic E-state index is 11.9. The summed E-state index contributed by atoms with van der Waals surface area (Å²) in [5.74, 6) is -0.504. The van der Waals surface area contributed by atoms with Gasteiger partial charge in [-0.05, 0) is 72.0 Å². The second-order valence-corrected chi connectivity index (χ2v) is 11.8. The maximum absolute atomic E-state index is 11.9. The lowest BCUT2D eigenvalue weighted by molar-refractivity contribution is -0.884. The van der Waals surface area contributed by atoms with Gasteiger partial charge >= 0.3 is 0 Å². The Kier molecular flexibility index (Phi) is 23.2. The Morgan fingerprint density at radius 2 is 1.21 bits per heavy atom. The van der Waals surface area contributed by atoms with Gasteiger partial charge in [0, 0.05) is 32.2 Å². The summed E-state index contributed by atoms with van der Waals surface area (Å²) < 4.78 is 0.371. The first-order chi connectivity index (χ1) is 18.1. The zero-order chi connectivity index (χ0) is 28.5. The van der Waals surface area contributed by atoms with Gasteiger partial charge in [0.25, 0.3) is 0 Å². The molecule has 222 valence electrons. The van der Waals surface area contributed by atoms with E-state index in [1.807, 2.05) is 14.1 Å². The second-order valence-electron chi connectivity index (χ2n) is 11.8. The number of quaternary nitrogens is 1. The molecule has 0 heterocycles. The molecule has 7 heteroatoms. The summed E-state index contributed by atoms with van der Waals surface area (Å²) in [7, 11) is 7.87. The average molecular weight is 538 g/mol. The lowest BCUT2D eigenvalue weighted by Gasteiger charge is -2.30. The number of amides is 1. The van der Waals surface area contributed by atoms with Gasteiger partial charge < -0.3 is 24.6 Å². The summed E-state index contributed by atoms with van der Waals surface area (Å²) in [6.45, 7) is 2.36. The lowest BCUT2D eigenvalue weighted by atomic mass is 10.0. The highest BCUT2D eigenvalue weighted by molar-refractivity contribution is 5.78. The molecule has 0 rings (SSSR count). The van der Waals surface area contributed by atoms with Crippen LogP contribution in [0.1, 0.15) is 116 Å². The molecule has 0 aromatic rings. The van der Waals surface area contributed by atoms with Crippen LogP contribution < -0.4 is 10.4 Å². The van der Waals surface area contributed by atoms with Crippen LogP contribution in [0.15, 0.2) is 12.2 Å². The van der Waals surface area contributed by atoms with Crippen molar-refractivity contribution < 1.29 is 24.0 Å². The molecule has 0 atom stereocenters. The third-order valence-electron chi connectivity index (χ3n) is 6.90. The van der Waals surface area contributed by atoms with Gasteiger partial charge in [0.1, 0.15) is 12.3 Å². The molecule has 38 heavy (non-hydrogen) atoms. The van der Waals surface area contributed by atoms with Crippen LogP contribution in [-0.4, -0.2) is 81.4 Å². The highest BCUT2D eigenvalue weighted by atomic mass is 16.4. The molecule has 0 radical (unpaired) electrons. The minimum atomic E-state index is -1.04. The monoisotopic (exact) mass is 537 g/mol. The average Bonchev–Trinajstić information content (AvgIpc) is 2.83. The fourth-order valence-electron chi connectivity index (χ4n) is 4.56. The highest BCUT2D eigenvalue weighted by Gasteiger charge is 2.14. The number of hydrogen-bond acceptors (Lipinski definition) is 5. The van der Waals surface area contributed by atoms with E-state index in [-0.39, 0.29) is 12.5 Å². The smallest absolute Gasteiger partial charge is 0.219 e. The second kappa shape index (κ2) is 24.3. The number of ketones is 1. The van der Waals surface area contributed by atoms with E-state index in [0.717, 1.165) is 70.8 Å². The normalized spacial score (nSPS) is 11.9. The van der Waals surface area contributed by atoms with E-state index in [2.05, 4.69) is 36.5 Å². The number of carboxylic acid groups (broad SMARTS) is 1. The van der Waals surface area contributed by atoms with Gasteiger partial charge in [-0.25, -0.2) is 0 Å². The largest absolute Gasteiger partial charge is 0.544 e. The van der Waals surface area contributed by atoms with Crippen LogP contribution in [0.3, 0.4) is 0 Å². The number of unbranched alkanes of at least 4 members (excludes halogenated alkanes) is 11. The van der Waals surface area contributed by atoms with Crippen molar-refractivity contribution in [2.75, 3.05) is 54.4 Å². The van der Waals surface area contributed by atoms with Gasteiger partial charge in [0.15, 0.2) is 0 Å². The number of Topliss-reactive ketones (excluding diaryl/α,β-unsaturated/α-hetero) is 1. The molecule has 0 spiro atoms. The lowest BCUT2D eigenvalue weighted by Crippen LogP contribution is -2.49. The third kappa shape index (κ3) is 27.3. The number of rotatable bonds is 27. The van der Waals surface area contributed by atoms with Crippen LogP contribution in [-0.2, 0) is 14.4 Å². The molecule has 0 aliphatic rings. The Morgan fingerprint density at radius 1 is 0.711 bits per heavy atom. The van der Waals surface area contributed by atoms with Crippen molar-refractivity contribution in [3.63, 3.8) is 0 Å². The number of allylic oxidation sites excluding steroid dienone is 2. The number of nitrogens with zero attached hydrogens (tertiary/aromatic N) is 2. The molecule has 7 nitrogen and oxygen atoms in total. The third-order valence-corrected chi connectivity index (χ3v) is 6.90. The number of hydrogen-bond donors (Lipinski definition) is 1. The minimum absolute atomic E-state index is 0.00709. The summed E-state index contributed by atoms with van der Waals surface area (Å²) in [6, 6.07) is 0. The van der Waals surface area contributed by atoms with Crippen molar-refractivity contribution in [2.45, 2.75) is 116 Å². The molecule has 1 amide bonds. The molecule has 1 N–H and O–H groups in total. The van der Waals surface area contributed by atoms with E-state index in [1.165, 1.54) is 44.9 Å². The van der Waals surface area contributed by atoms with E-state index >= 15 is 0 Å². The van der Waals surface area contributed by atoms with Crippen LogP contribution in [0.4, 0.5) is 0 Å². The standard InChI is InChI=1S/C31H59N3O4/c1-33(2)26-20-19-23-29(35)22-17-15-13-11-9-7-5-6-8-10-12-14-16-18-24-30(36)32-25-21-27-34(3,4)28-31(37)38/h5-6H,7-28H2,1-4H3,(H-,32,36,37,38)/b6-5+. The Hall–Kier alpha value is -1.73. The summed E-state index contributed by atoms with van der Waals surface area (Å²) in [5.41, 5.74) is 0. The molecule has 0 aliphatic carbocycles. The Labute approximate surface area is 234 Å². The molecule has 0 fully saturated rings. The van der Waals surface area contributed by atoms with Crippen LogP contribution in [0.25, 0.3) is 0 Å². The number of carbonyl (C=O) groups is 3. The first-order valence-electron chi connectivity index (χ1n) is 15.2. The Morgan fingerprint density at radius 3 is 1.76 bits per heavy atom. The van der Waals surface area contributed by atoms with Gasteiger partial charge in [-0.3, -0.25) is 9.59 Å². The van der Waals surface area contributed by atoms with Crippen LogP contribution in [0.5, 0.6) is 0 Å². The molecule has 0 bridgehead atoms. The molecule has 0 saturated carbocycles. The van der Waals surface area contributed by atoms with Crippen LogP contribution >= 0.6 is 0 Å². The fraction of sp³-hybridized carbons (Fsp3) is 0.839. The van der Waals surface area contributed by atoms with Crippen molar-refractivity contribution in [1.29, 1.82) is 0 Å². The molecule has 0 saturated heterocycles. The van der Waals surface area contributed by atoms with Gasteiger partial charge in [-0.1, -0.05) is 50.7 Å². The Bertz CT molecular complexity index is 647. The van der Waals surface area contributed by atoms with E-state index < -0.39 is 5.97 Å². The predicted molar refractivity (Wildman–Crippen MR) is 156 cm³/mol. The summed E-state index contributed by atoms with van der Waals surface area (Å²) in [6.07, 6.45) is 23.5. The van der Waals surface area contributed by atoms with Crippen molar-refractivity contribution in [3.05, 3.63) is 12.2 Å². The molecule has 0 aromatic heterocycles. The fourth-order valence-corrected chi connectivity index (χ4v) is 4.56. The molecule has 0 aromatic carbocycles. The number of carbonyl (C=O) groups excluding carboxylic acids is 3. The Balaban J connectivity index is 3.39. The molecule has 0 aliphatic heterocycles. The van der Waals surface area contributed by atoms with Gasteiger partial charge in [-0.2, -0.15) is 0 Å². The SMILES string of the molecule is CN(C)CCCCC(=O)CCCCCCC/C=C/CCCCCCCC(=O)NCCC[N+](C)(C)CC(=O)[O-]. The van der Waals surface area contributed by atoms with Crippen molar-refractivity contribution in [3.8, 4) is 0 Å². The van der Waals surface area contributed by atoms with Crippen molar-refractivity contribution in [1.82, 2.24) is 10.2 Å². The molecule has 0 unspecified atom stereocenters. The number of nitrogens with one attached hydrogen (secondary N) is 1. The quantitative estimate of drug-likeness (QED) is 0.0937.